The van der Waals surface area contributed by atoms with Gasteiger partial charge in [0.15, 0.2) is 0 Å². The van der Waals surface area contributed by atoms with Crippen LogP contribution in [0.2, 0.25) is 0 Å². The van der Waals surface area contributed by atoms with Gasteiger partial charge in [-0.3, -0.25) is 0 Å². The van der Waals surface area contributed by atoms with E-state index in [9.17, 15) is 0 Å². The summed E-state index contributed by atoms with van der Waals surface area (Å²) in [5, 5.41) is 0. The molecule has 0 amide bonds. The van der Waals surface area contributed by atoms with Gasteiger partial charge in [0.25, 0.3) is 0 Å². The zero-order valence-electron chi connectivity index (χ0n) is 4.83. The smallest absolute Gasteiger partial charge is 0.392 e. The van der Waals surface area contributed by atoms with Crippen LogP contribution in [0.1, 0.15) is 6.92 Å². The van der Waals surface area contributed by atoms with Crippen LogP contribution in [0.4, 0.5) is 0 Å². The molecule has 0 radical (unpaired) electrons. The van der Waals surface area contributed by atoms with Crippen molar-refractivity contribution in [2.24, 2.45) is 5.92 Å². The molecule has 0 aromatic carbocycles. The van der Waals surface area contributed by atoms with E-state index in [4.69, 9.17) is 13.6 Å². The lowest BCUT2D eigenvalue weighted by Gasteiger charge is -2.21. The van der Waals surface area contributed by atoms with Crippen molar-refractivity contribution in [2.75, 3.05) is 13.2 Å². The molecular formula is C4H10O3Si. The molecule has 0 saturated carbocycles. The van der Waals surface area contributed by atoms with E-state index in [1.54, 1.807) is 0 Å². The molecule has 0 aliphatic carbocycles. The van der Waals surface area contributed by atoms with E-state index in [2.05, 4.69) is 0 Å². The first-order valence-corrected chi connectivity index (χ1v) is 4.16. The lowest BCUT2D eigenvalue weighted by atomic mass is 10.2. The van der Waals surface area contributed by atoms with Gasteiger partial charge in [-0.1, -0.05) is 6.92 Å². The van der Waals surface area contributed by atoms with E-state index < -0.39 is 9.53 Å². The standard InChI is InChI=1S/C4H10O3Si/c1-4-2-6-8(5)7-3-4/h4-5,8H,2-3H2,1H3. The fraction of sp³-hybridized carbons (Fsp3) is 1.00. The highest BCUT2D eigenvalue weighted by atomic mass is 28.3. The summed E-state index contributed by atoms with van der Waals surface area (Å²) in [5.41, 5.74) is 0. The molecule has 4 heteroatoms. The predicted octanol–water partition coefficient (Wildman–Crippen LogP) is -0.621. The van der Waals surface area contributed by atoms with Crippen molar-refractivity contribution in [1.29, 1.82) is 0 Å². The summed E-state index contributed by atoms with van der Waals surface area (Å²) in [4.78, 5) is 8.72. The Hall–Kier alpha value is 0.0969. The molecule has 1 fully saturated rings. The Bertz CT molecular complexity index is 59.7. The van der Waals surface area contributed by atoms with Crippen molar-refractivity contribution in [3.05, 3.63) is 0 Å². The van der Waals surface area contributed by atoms with E-state index in [0.717, 1.165) is 0 Å². The molecule has 8 heavy (non-hydrogen) atoms. The van der Waals surface area contributed by atoms with E-state index in [1.165, 1.54) is 0 Å². The van der Waals surface area contributed by atoms with Gasteiger partial charge in [0.1, 0.15) is 0 Å². The zero-order valence-corrected chi connectivity index (χ0v) is 5.99. The van der Waals surface area contributed by atoms with Gasteiger partial charge < -0.3 is 13.6 Å². The van der Waals surface area contributed by atoms with Crippen molar-refractivity contribution >= 4 is 9.53 Å². The highest BCUT2D eigenvalue weighted by Gasteiger charge is 2.18. The molecule has 1 rings (SSSR count). The molecular weight excluding hydrogens is 124 g/mol. The van der Waals surface area contributed by atoms with Crippen LogP contribution in [0.25, 0.3) is 0 Å². The summed E-state index contributed by atoms with van der Waals surface area (Å²) in [6.07, 6.45) is 0. The molecule has 1 aliphatic heterocycles. The van der Waals surface area contributed by atoms with Crippen molar-refractivity contribution in [2.45, 2.75) is 6.92 Å². The number of rotatable bonds is 0. The Morgan fingerprint density at radius 1 is 1.50 bits per heavy atom. The predicted molar refractivity (Wildman–Crippen MR) is 30.4 cm³/mol. The third kappa shape index (κ3) is 1.55. The molecule has 1 aliphatic rings. The van der Waals surface area contributed by atoms with Crippen LogP contribution >= 0.6 is 0 Å². The Labute approximate surface area is 50.2 Å². The van der Waals surface area contributed by atoms with Gasteiger partial charge in [0.05, 0.1) is 0 Å². The maximum Gasteiger partial charge on any atom is 0.481 e. The average molecular weight is 134 g/mol. The second kappa shape index (κ2) is 2.59. The van der Waals surface area contributed by atoms with Crippen LogP contribution in [0.15, 0.2) is 0 Å². The SMILES string of the molecule is CC1CO[SiH](O)OC1. The molecule has 0 unspecified atom stereocenters. The zero-order chi connectivity index (χ0) is 5.98. The minimum absolute atomic E-state index is 0.450. The van der Waals surface area contributed by atoms with Gasteiger partial charge in [0.2, 0.25) is 0 Å². The first-order valence-electron chi connectivity index (χ1n) is 2.70. The van der Waals surface area contributed by atoms with Crippen molar-refractivity contribution < 1.29 is 13.6 Å². The highest BCUT2D eigenvalue weighted by Crippen LogP contribution is 2.04. The number of hydrogen-bond donors (Lipinski definition) is 1. The van der Waals surface area contributed by atoms with Gasteiger partial charge in [0, 0.05) is 19.1 Å². The fourth-order valence-corrected chi connectivity index (χ4v) is 1.67. The first kappa shape index (κ1) is 6.22. The lowest BCUT2D eigenvalue weighted by molar-refractivity contribution is 0.0458. The molecule has 0 aromatic rings. The molecule has 0 spiro atoms. The maximum atomic E-state index is 8.72. The fourth-order valence-electron chi connectivity index (χ4n) is 0.589. The normalized spacial score (nSPS) is 39.8. The van der Waals surface area contributed by atoms with Crippen molar-refractivity contribution in [3.63, 3.8) is 0 Å². The third-order valence-electron chi connectivity index (χ3n) is 1.05. The Morgan fingerprint density at radius 2 is 2.00 bits per heavy atom. The molecule has 0 atom stereocenters. The summed E-state index contributed by atoms with van der Waals surface area (Å²) in [5.74, 6) is 0.450. The Kier molecular flexibility index (Phi) is 2.01. The summed E-state index contributed by atoms with van der Waals surface area (Å²) < 4.78 is 9.72. The summed E-state index contributed by atoms with van der Waals surface area (Å²) in [6.45, 7) is 3.35. The molecule has 3 nitrogen and oxygen atoms in total. The second-order valence-corrected chi connectivity index (χ2v) is 3.36. The van der Waals surface area contributed by atoms with Crippen LogP contribution in [-0.2, 0) is 8.85 Å². The highest BCUT2D eigenvalue weighted by molar-refractivity contribution is 6.34. The third-order valence-corrected chi connectivity index (χ3v) is 2.00. The monoisotopic (exact) mass is 134 g/mol. The van der Waals surface area contributed by atoms with Gasteiger partial charge in [-0.05, 0) is 0 Å². The molecule has 1 saturated heterocycles. The van der Waals surface area contributed by atoms with Gasteiger partial charge in [-0.2, -0.15) is 0 Å². The van der Waals surface area contributed by atoms with Crippen molar-refractivity contribution in [3.8, 4) is 0 Å². The van der Waals surface area contributed by atoms with Crippen molar-refractivity contribution in [1.82, 2.24) is 0 Å². The van der Waals surface area contributed by atoms with E-state index in [-0.39, 0.29) is 0 Å². The van der Waals surface area contributed by atoms with Crippen LogP contribution in [0.3, 0.4) is 0 Å². The topological polar surface area (TPSA) is 38.7 Å². The maximum absolute atomic E-state index is 8.72. The van der Waals surface area contributed by atoms with Crippen LogP contribution in [0, 0.1) is 5.92 Å². The Morgan fingerprint density at radius 3 is 2.38 bits per heavy atom. The van der Waals surface area contributed by atoms with Gasteiger partial charge >= 0.3 is 9.53 Å². The van der Waals surface area contributed by atoms with Gasteiger partial charge in [-0.15, -0.1) is 0 Å². The molecule has 1 heterocycles. The minimum Gasteiger partial charge on any atom is -0.392 e. The molecule has 1 N–H and O–H groups in total. The van der Waals surface area contributed by atoms with Crippen LogP contribution < -0.4 is 0 Å². The van der Waals surface area contributed by atoms with Crippen LogP contribution in [-0.4, -0.2) is 27.5 Å². The molecule has 48 valence electrons. The quantitative estimate of drug-likeness (QED) is 0.449. The summed E-state index contributed by atoms with van der Waals surface area (Å²) in [6, 6.07) is 0. The average Bonchev–Trinajstić information content (AvgIpc) is 1.77. The van der Waals surface area contributed by atoms with E-state index in [0.29, 0.717) is 19.1 Å². The largest absolute Gasteiger partial charge is 0.481 e. The lowest BCUT2D eigenvalue weighted by Crippen LogP contribution is -2.34. The Balaban J connectivity index is 2.19. The minimum atomic E-state index is -2.13. The first-order chi connectivity index (χ1) is 3.79. The summed E-state index contributed by atoms with van der Waals surface area (Å²) >= 11 is 0. The van der Waals surface area contributed by atoms with E-state index in [1.807, 2.05) is 6.92 Å². The van der Waals surface area contributed by atoms with E-state index >= 15 is 0 Å². The molecule has 0 aromatic heterocycles. The summed E-state index contributed by atoms with van der Waals surface area (Å²) in [7, 11) is -2.13. The van der Waals surface area contributed by atoms with Gasteiger partial charge in [-0.25, -0.2) is 0 Å². The second-order valence-electron chi connectivity index (χ2n) is 2.08. The molecule has 0 bridgehead atoms. The number of hydrogen-bond acceptors (Lipinski definition) is 3. The van der Waals surface area contributed by atoms with Crippen LogP contribution in [0.5, 0.6) is 0 Å².